The Balaban J connectivity index is 1.69. The number of piperazine rings is 1. The van der Waals surface area contributed by atoms with Gasteiger partial charge in [0.2, 0.25) is 10.0 Å². The van der Waals surface area contributed by atoms with E-state index in [4.69, 9.17) is 16.3 Å². The van der Waals surface area contributed by atoms with Crippen LogP contribution in [0.15, 0.2) is 41.3 Å². The Hall–Kier alpha value is -2.13. The predicted octanol–water partition coefficient (Wildman–Crippen LogP) is 2.91. The number of carbonyl (C=O) groups excluding carboxylic acids is 1. The maximum Gasteiger partial charge on any atom is 0.254 e. The van der Waals surface area contributed by atoms with E-state index in [1.165, 1.54) is 12.1 Å². The number of hydrogen-bond acceptors (Lipinski definition) is 5. The van der Waals surface area contributed by atoms with Crippen LogP contribution < -0.4 is 9.46 Å². The number of aryl methyl sites for hydroxylation is 1. The van der Waals surface area contributed by atoms with Crippen molar-refractivity contribution >= 4 is 27.5 Å². The molecule has 0 spiro atoms. The molecule has 2 aromatic carbocycles. The van der Waals surface area contributed by atoms with Crippen LogP contribution in [0.3, 0.4) is 0 Å². The zero-order chi connectivity index (χ0) is 22.6. The minimum atomic E-state index is -3.62. The lowest BCUT2D eigenvalue weighted by molar-refractivity contribution is 0.0626. The molecule has 168 valence electrons. The number of rotatable bonds is 7. The fraction of sp³-hybridized carbons (Fsp3) is 0.409. The summed E-state index contributed by atoms with van der Waals surface area (Å²) in [6.07, 6.45) is 0. The third kappa shape index (κ3) is 5.57. The number of nitrogens with one attached hydrogen (secondary N) is 1. The lowest BCUT2D eigenvalue weighted by atomic mass is 10.1. The lowest BCUT2D eigenvalue weighted by Crippen LogP contribution is -2.48. The average molecular weight is 466 g/mol. The summed E-state index contributed by atoms with van der Waals surface area (Å²) in [7, 11) is -1.98. The summed E-state index contributed by atoms with van der Waals surface area (Å²) in [5.74, 6) is 0.642. The van der Waals surface area contributed by atoms with Gasteiger partial charge >= 0.3 is 0 Å². The van der Waals surface area contributed by atoms with Crippen molar-refractivity contribution in [1.29, 1.82) is 0 Å². The first kappa shape index (κ1) is 23.5. The Morgan fingerprint density at radius 3 is 2.48 bits per heavy atom. The Labute approximate surface area is 189 Å². The molecule has 1 saturated heterocycles. The van der Waals surface area contributed by atoms with Gasteiger partial charge < -0.3 is 9.64 Å². The smallest absolute Gasteiger partial charge is 0.254 e. The Bertz CT molecular complexity index is 1050. The van der Waals surface area contributed by atoms with Crippen molar-refractivity contribution in [3.63, 3.8) is 0 Å². The predicted molar refractivity (Wildman–Crippen MR) is 121 cm³/mol. The van der Waals surface area contributed by atoms with E-state index in [0.29, 0.717) is 49.9 Å². The molecule has 3 rings (SSSR count). The molecule has 0 aliphatic carbocycles. The van der Waals surface area contributed by atoms with E-state index in [1.807, 2.05) is 19.1 Å². The Morgan fingerprint density at radius 1 is 1.13 bits per heavy atom. The normalized spacial score (nSPS) is 15.2. The fourth-order valence-corrected chi connectivity index (χ4v) is 4.92. The molecule has 0 radical (unpaired) electrons. The molecule has 1 heterocycles. The van der Waals surface area contributed by atoms with Gasteiger partial charge in [-0.25, -0.2) is 13.1 Å². The number of ether oxygens (including phenoxy) is 1. The molecule has 7 nitrogen and oxygen atoms in total. The summed E-state index contributed by atoms with van der Waals surface area (Å²) in [6.45, 7) is 7.04. The Morgan fingerprint density at radius 2 is 1.84 bits per heavy atom. The number of sulfonamides is 1. The highest BCUT2D eigenvalue weighted by atomic mass is 35.5. The van der Waals surface area contributed by atoms with Gasteiger partial charge in [-0.05, 0) is 42.8 Å². The highest BCUT2D eigenvalue weighted by Crippen LogP contribution is 2.25. The summed E-state index contributed by atoms with van der Waals surface area (Å²) in [6, 6.07) is 10.2. The van der Waals surface area contributed by atoms with Crippen LogP contribution in [-0.2, 0) is 16.6 Å². The van der Waals surface area contributed by atoms with Gasteiger partial charge in [0.1, 0.15) is 5.75 Å². The first-order chi connectivity index (χ1) is 14.7. The van der Waals surface area contributed by atoms with Crippen molar-refractivity contribution < 1.29 is 17.9 Å². The molecule has 0 atom stereocenters. The van der Waals surface area contributed by atoms with E-state index in [-0.39, 0.29) is 10.8 Å². The van der Waals surface area contributed by atoms with E-state index in [0.717, 1.165) is 16.9 Å². The van der Waals surface area contributed by atoms with E-state index < -0.39 is 10.0 Å². The van der Waals surface area contributed by atoms with Crippen LogP contribution in [0.4, 0.5) is 0 Å². The van der Waals surface area contributed by atoms with Crippen LogP contribution in [0.5, 0.6) is 5.75 Å². The van der Waals surface area contributed by atoms with E-state index in [1.54, 1.807) is 31.1 Å². The van der Waals surface area contributed by atoms with Gasteiger partial charge in [0.15, 0.2) is 0 Å². The molecule has 0 unspecified atom stereocenters. The topological polar surface area (TPSA) is 79.0 Å². The molecule has 1 aliphatic heterocycles. The van der Waals surface area contributed by atoms with Crippen LogP contribution in [0.2, 0.25) is 5.02 Å². The van der Waals surface area contributed by atoms with Crippen LogP contribution in [0.1, 0.15) is 28.4 Å². The SMILES string of the molecule is CCNS(=O)(=O)c1ccc(C)c(C(=O)N2CCN(Cc3cc(Cl)ccc3OC)CC2)c1. The second-order valence-electron chi connectivity index (χ2n) is 7.50. The molecule has 0 bridgehead atoms. The molecule has 0 saturated carbocycles. The molecular formula is C22H28ClN3O4S. The zero-order valence-corrected chi connectivity index (χ0v) is 19.6. The molecule has 2 aromatic rings. The summed E-state index contributed by atoms with van der Waals surface area (Å²) in [5.41, 5.74) is 2.18. The number of halogens is 1. The number of amides is 1. The lowest BCUT2D eigenvalue weighted by Gasteiger charge is -2.35. The number of methoxy groups -OCH3 is 1. The zero-order valence-electron chi connectivity index (χ0n) is 18.0. The maximum absolute atomic E-state index is 13.1. The maximum atomic E-state index is 13.1. The van der Waals surface area contributed by atoms with Crippen molar-refractivity contribution in [2.75, 3.05) is 39.8 Å². The van der Waals surface area contributed by atoms with Gasteiger partial charge in [-0.1, -0.05) is 24.6 Å². The Kier molecular flexibility index (Phi) is 7.59. The summed E-state index contributed by atoms with van der Waals surface area (Å²) >= 11 is 6.13. The van der Waals surface area contributed by atoms with Crippen LogP contribution in [-0.4, -0.2) is 64.0 Å². The van der Waals surface area contributed by atoms with Gasteiger partial charge in [0.05, 0.1) is 12.0 Å². The number of nitrogens with zero attached hydrogens (tertiary/aromatic N) is 2. The largest absolute Gasteiger partial charge is 0.496 e. The monoisotopic (exact) mass is 465 g/mol. The van der Waals surface area contributed by atoms with Crippen LogP contribution in [0, 0.1) is 6.92 Å². The summed E-state index contributed by atoms with van der Waals surface area (Å²) < 4.78 is 32.5. The third-order valence-corrected chi connectivity index (χ3v) is 7.16. The second kappa shape index (κ2) is 9.99. The van der Waals surface area contributed by atoms with Crippen molar-refractivity contribution in [2.45, 2.75) is 25.3 Å². The van der Waals surface area contributed by atoms with Crippen LogP contribution in [0.25, 0.3) is 0 Å². The van der Waals surface area contributed by atoms with E-state index in [9.17, 15) is 13.2 Å². The fourth-order valence-electron chi connectivity index (χ4n) is 3.66. The number of benzene rings is 2. The first-order valence-corrected chi connectivity index (χ1v) is 12.1. The molecule has 9 heteroatoms. The van der Waals surface area contributed by atoms with Crippen molar-refractivity contribution in [2.24, 2.45) is 0 Å². The van der Waals surface area contributed by atoms with E-state index in [2.05, 4.69) is 9.62 Å². The molecule has 1 amide bonds. The molecule has 1 aliphatic rings. The van der Waals surface area contributed by atoms with Crippen LogP contribution >= 0.6 is 11.6 Å². The van der Waals surface area contributed by atoms with Gasteiger partial charge in [0.25, 0.3) is 5.91 Å². The second-order valence-corrected chi connectivity index (χ2v) is 9.71. The van der Waals surface area contributed by atoms with Gasteiger partial charge in [-0.3, -0.25) is 9.69 Å². The van der Waals surface area contributed by atoms with Gasteiger partial charge in [-0.15, -0.1) is 0 Å². The molecule has 1 fully saturated rings. The van der Waals surface area contributed by atoms with E-state index >= 15 is 0 Å². The highest BCUT2D eigenvalue weighted by Gasteiger charge is 2.25. The number of carbonyl (C=O) groups is 1. The molecule has 0 aromatic heterocycles. The standard InChI is InChI=1S/C22H28ClN3O4S/c1-4-24-31(28,29)19-7-5-16(2)20(14-19)22(27)26-11-9-25(10-12-26)15-17-13-18(23)6-8-21(17)30-3/h5-8,13-14,24H,4,9-12,15H2,1-3H3. The van der Waals surface area contributed by atoms with Crippen molar-refractivity contribution in [1.82, 2.24) is 14.5 Å². The summed E-state index contributed by atoms with van der Waals surface area (Å²) in [5, 5.41) is 0.660. The first-order valence-electron chi connectivity index (χ1n) is 10.2. The molecule has 1 N–H and O–H groups in total. The van der Waals surface area contributed by atoms with Crippen molar-refractivity contribution in [3.8, 4) is 5.75 Å². The van der Waals surface area contributed by atoms with Crippen molar-refractivity contribution in [3.05, 3.63) is 58.1 Å². The molecule has 31 heavy (non-hydrogen) atoms. The minimum absolute atomic E-state index is 0.106. The average Bonchev–Trinajstić information content (AvgIpc) is 2.74. The number of hydrogen-bond donors (Lipinski definition) is 1. The molecular weight excluding hydrogens is 438 g/mol. The quantitative estimate of drug-likeness (QED) is 0.680. The minimum Gasteiger partial charge on any atom is -0.496 e. The third-order valence-electron chi connectivity index (χ3n) is 5.38. The van der Waals surface area contributed by atoms with Gasteiger partial charge in [0, 0.05) is 55.4 Å². The highest BCUT2D eigenvalue weighted by molar-refractivity contribution is 7.89. The van der Waals surface area contributed by atoms with Gasteiger partial charge in [-0.2, -0.15) is 0 Å². The summed E-state index contributed by atoms with van der Waals surface area (Å²) in [4.78, 5) is 17.3.